The fourth-order valence-electron chi connectivity index (χ4n) is 1.90. The van der Waals surface area contributed by atoms with E-state index in [1.807, 2.05) is 20.8 Å². The monoisotopic (exact) mass is 264 g/mol. The summed E-state index contributed by atoms with van der Waals surface area (Å²) in [6, 6.07) is 6.23. The molecular weight excluding hydrogens is 244 g/mol. The van der Waals surface area contributed by atoms with E-state index in [1.54, 1.807) is 17.0 Å². The van der Waals surface area contributed by atoms with Crippen molar-refractivity contribution in [3.8, 4) is 0 Å². The van der Waals surface area contributed by atoms with Crippen LogP contribution in [0.25, 0.3) is 0 Å². The van der Waals surface area contributed by atoms with Crippen LogP contribution < -0.4 is 4.90 Å². The van der Waals surface area contributed by atoms with E-state index in [0.717, 1.165) is 18.5 Å². The molecule has 1 atom stereocenters. The third kappa shape index (κ3) is 3.77. The van der Waals surface area contributed by atoms with Gasteiger partial charge in [0.15, 0.2) is 0 Å². The molecule has 0 spiro atoms. The Bertz CT molecular complexity index is 443. The van der Waals surface area contributed by atoms with Crippen LogP contribution in [-0.2, 0) is 4.79 Å². The molecule has 19 heavy (non-hydrogen) atoms. The molecule has 1 unspecified atom stereocenters. The van der Waals surface area contributed by atoms with Crippen LogP contribution in [0, 0.1) is 10.1 Å². The maximum Gasteiger partial charge on any atom is 0.269 e. The number of rotatable bonds is 6. The summed E-state index contributed by atoms with van der Waals surface area (Å²) in [7, 11) is 0. The first-order chi connectivity index (χ1) is 9.01. The van der Waals surface area contributed by atoms with Gasteiger partial charge in [0.05, 0.1) is 4.92 Å². The summed E-state index contributed by atoms with van der Waals surface area (Å²) in [5.74, 6) is 0.0608. The highest BCUT2D eigenvalue weighted by Gasteiger charge is 2.20. The summed E-state index contributed by atoms with van der Waals surface area (Å²) in [5.41, 5.74) is 0.759. The lowest BCUT2D eigenvalue weighted by molar-refractivity contribution is -0.384. The van der Waals surface area contributed by atoms with Crippen molar-refractivity contribution in [1.82, 2.24) is 0 Å². The summed E-state index contributed by atoms with van der Waals surface area (Å²) in [6.07, 6.45) is 2.12. The highest BCUT2D eigenvalue weighted by Crippen LogP contribution is 2.23. The lowest BCUT2D eigenvalue weighted by Crippen LogP contribution is -2.38. The Balaban J connectivity index is 3.03. The molecule has 1 aromatic rings. The number of nitrogens with zero attached hydrogens (tertiary/aromatic N) is 2. The van der Waals surface area contributed by atoms with E-state index in [4.69, 9.17) is 0 Å². The van der Waals surface area contributed by atoms with Gasteiger partial charge in [0.1, 0.15) is 0 Å². The summed E-state index contributed by atoms with van der Waals surface area (Å²) in [4.78, 5) is 24.1. The maximum atomic E-state index is 12.2. The van der Waals surface area contributed by atoms with Gasteiger partial charge >= 0.3 is 0 Å². The van der Waals surface area contributed by atoms with Crippen molar-refractivity contribution in [3.63, 3.8) is 0 Å². The molecule has 0 aromatic heterocycles. The summed E-state index contributed by atoms with van der Waals surface area (Å²) in [6.45, 7) is 5.96. The molecule has 5 nitrogen and oxygen atoms in total. The van der Waals surface area contributed by atoms with Crippen molar-refractivity contribution in [3.05, 3.63) is 34.4 Å². The Kier molecular flexibility index (Phi) is 5.48. The number of amides is 1. The SMILES string of the molecule is CCCC(=O)N(c1ccc([N+](=O)[O-])cc1)C(C)CC. The average Bonchev–Trinajstić information content (AvgIpc) is 2.39. The molecule has 1 amide bonds. The second-order valence-electron chi connectivity index (χ2n) is 4.54. The predicted molar refractivity (Wildman–Crippen MR) is 75.2 cm³/mol. The highest BCUT2D eigenvalue weighted by atomic mass is 16.6. The van der Waals surface area contributed by atoms with E-state index >= 15 is 0 Å². The fraction of sp³-hybridized carbons (Fsp3) is 0.500. The first-order valence-electron chi connectivity index (χ1n) is 6.57. The van der Waals surface area contributed by atoms with Crippen molar-refractivity contribution in [2.75, 3.05) is 4.90 Å². The third-order valence-electron chi connectivity index (χ3n) is 3.10. The largest absolute Gasteiger partial charge is 0.310 e. The molecule has 0 saturated heterocycles. The van der Waals surface area contributed by atoms with E-state index in [-0.39, 0.29) is 17.6 Å². The van der Waals surface area contributed by atoms with Crippen LogP contribution in [0.5, 0.6) is 0 Å². The topological polar surface area (TPSA) is 63.5 Å². The zero-order chi connectivity index (χ0) is 14.4. The number of benzene rings is 1. The number of hydrogen-bond acceptors (Lipinski definition) is 3. The number of hydrogen-bond donors (Lipinski definition) is 0. The number of anilines is 1. The Hall–Kier alpha value is -1.91. The predicted octanol–water partition coefficient (Wildman–Crippen LogP) is 3.53. The molecule has 1 rings (SSSR count). The van der Waals surface area contributed by atoms with Crippen molar-refractivity contribution in [2.24, 2.45) is 0 Å². The quantitative estimate of drug-likeness (QED) is 0.583. The van der Waals surface area contributed by atoms with Crippen molar-refractivity contribution in [2.45, 2.75) is 46.1 Å². The molecule has 1 aromatic carbocycles. The Morgan fingerprint density at radius 2 is 1.89 bits per heavy atom. The van der Waals surface area contributed by atoms with Gasteiger partial charge in [-0.05, 0) is 31.9 Å². The van der Waals surface area contributed by atoms with Crippen LogP contribution in [0.3, 0.4) is 0 Å². The van der Waals surface area contributed by atoms with Crippen molar-refractivity contribution in [1.29, 1.82) is 0 Å². The van der Waals surface area contributed by atoms with Crippen molar-refractivity contribution >= 4 is 17.3 Å². The van der Waals surface area contributed by atoms with E-state index in [1.165, 1.54) is 12.1 Å². The molecule has 0 aliphatic rings. The van der Waals surface area contributed by atoms with E-state index in [0.29, 0.717) is 6.42 Å². The molecule has 0 N–H and O–H groups in total. The molecule has 0 aliphatic carbocycles. The second-order valence-corrected chi connectivity index (χ2v) is 4.54. The van der Waals surface area contributed by atoms with Gasteiger partial charge in [-0.3, -0.25) is 14.9 Å². The van der Waals surface area contributed by atoms with Crippen LogP contribution in [0.1, 0.15) is 40.0 Å². The van der Waals surface area contributed by atoms with Crippen LogP contribution in [0.2, 0.25) is 0 Å². The molecular formula is C14H20N2O3. The van der Waals surface area contributed by atoms with E-state index < -0.39 is 4.92 Å². The fourth-order valence-corrected chi connectivity index (χ4v) is 1.90. The molecule has 0 saturated carbocycles. The number of non-ortho nitro benzene ring substituents is 1. The standard InChI is InChI=1S/C14H20N2O3/c1-4-6-14(17)15(11(3)5-2)12-7-9-13(10-8-12)16(18)19/h7-11H,4-6H2,1-3H3. The van der Waals surface area contributed by atoms with Gasteiger partial charge in [-0.15, -0.1) is 0 Å². The molecule has 0 radical (unpaired) electrons. The molecule has 0 fully saturated rings. The molecule has 104 valence electrons. The van der Waals surface area contributed by atoms with Gasteiger partial charge in [0.25, 0.3) is 5.69 Å². The molecule has 0 heterocycles. The zero-order valence-corrected chi connectivity index (χ0v) is 11.6. The molecule has 5 heteroatoms. The minimum atomic E-state index is -0.439. The Morgan fingerprint density at radius 3 is 2.32 bits per heavy atom. The minimum Gasteiger partial charge on any atom is -0.310 e. The first kappa shape index (κ1) is 15.1. The lowest BCUT2D eigenvalue weighted by atomic mass is 10.1. The van der Waals surface area contributed by atoms with E-state index in [2.05, 4.69) is 0 Å². The smallest absolute Gasteiger partial charge is 0.269 e. The number of nitro groups is 1. The second kappa shape index (κ2) is 6.87. The number of carbonyl (C=O) groups excluding carboxylic acids is 1. The Morgan fingerprint density at radius 1 is 1.32 bits per heavy atom. The summed E-state index contributed by atoms with van der Waals surface area (Å²) in [5, 5.41) is 10.6. The normalized spacial score (nSPS) is 11.9. The van der Waals surface area contributed by atoms with Gasteiger partial charge in [-0.2, -0.15) is 0 Å². The van der Waals surface area contributed by atoms with Gasteiger partial charge in [0.2, 0.25) is 5.91 Å². The maximum absolute atomic E-state index is 12.2. The van der Waals surface area contributed by atoms with Crippen LogP contribution in [-0.4, -0.2) is 16.9 Å². The third-order valence-corrected chi connectivity index (χ3v) is 3.10. The molecule has 0 aliphatic heterocycles. The number of nitro benzene ring substituents is 1. The van der Waals surface area contributed by atoms with Gasteiger partial charge < -0.3 is 4.90 Å². The first-order valence-corrected chi connectivity index (χ1v) is 6.57. The minimum absolute atomic E-state index is 0.0378. The highest BCUT2D eigenvalue weighted by molar-refractivity contribution is 5.93. The van der Waals surface area contributed by atoms with E-state index in [9.17, 15) is 14.9 Å². The summed E-state index contributed by atoms with van der Waals surface area (Å²) >= 11 is 0. The average molecular weight is 264 g/mol. The Labute approximate surface area is 113 Å². The zero-order valence-electron chi connectivity index (χ0n) is 11.6. The van der Waals surface area contributed by atoms with Crippen molar-refractivity contribution < 1.29 is 9.72 Å². The number of carbonyl (C=O) groups is 1. The lowest BCUT2D eigenvalue weighted by Gasteiger charge is -2.28. The van der Waals surface area contributed by atoms with Crippen LogP contribution in [0.4, 0.5) is 11.4 Å². The van der Waals surface area contributed by atoms with Crippen LogP contribution in [0.15, 0.2) is 24.3 Å². The van der Waals surface area contributed by atoms with Crippen LogP contribution >= 0.6 is 0 Å². The molecule has 0 bridgehead atoms. The van der Waals surface area contributed by atoms with Gasteiger partial charge in [-0.1, -0.05) is 13.8 Å². The summed E-state index contributed by atoms with van der Waals surface area (Å²) < 4.78 is 0. The van der Waals surface area contributed by atoms with Gasteiger partial charge in [0, 0.05) is 30.3 Å². The van der Waals surface area contributed by atoms with Gasteiger partial charge in [-0.25, -0.2) is 0 Å².